The van der Waals surface area contributed by atoms with Crippen molar-refractivity contribution in [3.05, 3.63) is 0 Å². The van der Waals surface area contributed by atoms with Crippen LogP contribution in [-0.2, 0) is 0 Å². The van der Waals surface area contributed by atoms with Crippen molar-refractivity contribution in [2.75, 3.05) is 21.3 Å². The molecule has 0 atom stereocenters. The van der Waals surface area contributed by atoms with Gasteiger partial charge in [-0.05, 0) is 0 Å². The first-order valence-electron chi connectivity index (χ1n) is 9.84. The molecule has 0 unspecified atom stereocenters. The van der Waals surface area contributed by atoms with Crippen LogP contribution in [0.5, 0.6) is 0 Å². The molecule has 0 amide bonds. The Hall–Kier alpha value is -0.120. The van der Waals surface area contributed by atoms with Gasteiger partial charge < -0.3 is 15.3 Å². The van der Waals surface area contributed by atoms with Crippen LogP contribution in [0.3, 0.4) is 0 Å². The first-order valence-corrected chi connectivity index (χ1v) is 9.84. The molecule has 0 aliphatic heterocycles. The molecule has 0 aromatic carbocycles. The number of aliphatic hydroxyl groups is 3. The zero-order valence-corrected chi connectivity index (χ0v) is 16.4. The molecule has 0 spiro atoms. The predicted molar refractivity (Wildman–Crippen MR) is 103 cm³/mol. The minimum absolute atomic E-state index is 1.00. The zero-order valence-electron chi connectivity index (χ0n) is 16.4. The van der Waals surface area contributed by atoms with Crippen molar-refractivity contribution in [3.63, 3.8) is 0 Å². The molecule has 1 saturated carbocycles. The molecule has 144 valence electrons. The van der Waals surface area contributed by atoms with E-state index in [9.17, 15) is 0 Å². The summed E-state index contributed by atoms with van der Waals surface area (Å²) in [6.07, 6.45) is 25.5. The first-order chi connectivity index (χ1) is 11.5. The van der Waals surface area contributed by atoms with Crippen molar-refractivity contribution < 1.29 is 15.3 Å². The maximum atomic E-state index is 7.00. The standard InChI is InChI=1S/C17H34.3CH4O/c1-2-4-6-8-10-12-14-16-17-15-13-11-9-7-5-3-1;3*1-2/h1-17H2;3*2H,1H3. The van der Waals surface area contributed by atoms with E-state index < -0.39 is 0 Å². The van der Waals surface area contributed by atoms with Crippen molar-refractivity contribution in [1.82, 2.24) is 0 Å². The molecule has 1 rings (SSSR count). The van der Waals surface area contributed by atoms with E-state index in [0.29, 0.717) is 0 Å². The fraction of sp³-hybridized carbons (Fsp3) is 1.00. The second-order valence-corrected chi connectivity index (χ2v) is 6.01. The third-order valence-corrected chi connectivity index (χ3v) is 4.25. The molecule has 1 aliphatic carbocycles. The van der Waals surface area contributed by atoms with Gasteiger partial charge >= 0.3 is 0 Å². The van der Waals surface area contributed by atoms with Crippen molar-refractivity contribution in [2.45, 2.75) is 109 Å². The van der Waals surface area contributed by atoms with Gasteiger partial charge in [0.1, 0.15) is 0 Å². The first kappa shape index (κ1) is 27.7. The monoisotopic (exact) mass is 334 g/mol. The number of aliphatic hydroxyl groups excluding tert-OH is 3. The van der Waals surface area contributed by atoms with E-state index in [-0.39, 0.29) is 0 Å². The Kier molecular flexibility index (Phi) is 40.3. The van der Waals surface area contributed by atoms with Crippen LogP contribution in [-0.4, -0.2) is 36.6 Å². The highest BCUT2D eigenvalue weighted by atomic mass is 16.2. The van der Waals surface area contributed by atoms with E-state index >= 15 is 0 Å². The van der Waals surface area contributed by atoms with Gasteiger partial charge in [-0.3, -0.25) is 0 Å². The van der Waals surface area contributed by atoms with Gasteiger partial charge in [-0.1, -0.05) is 109 Å². The Morgan fingerprint density at radius 3 is 0.304 bits per heavy atom. The molecule has 0 heterocycles. The summed E-state index contributed by atoms with van der Waals surface area (Å²) in [4.78, 5) is 0. The Morgan fingerprint density at radius 2 is 0.261 bits per heavy atom. The molecule has 23 heavy (non-hydrogen) atoms. The summed E-state index contributed by atoms with van der Waals surface area (Å²) in [6, 6.07) is 0. The molecule has 1 fully saturated rings. The third-order valence-electron chi connectivity index (χ3n) is 4.25. The molecule has 0 bridgehead atoms. The van der Waals surface area contributed by atoms with E-state index in [1.807, 2.05) is 0 Å². The summed E-state index contributed by atoms with van der Waals surface area (Å²) >= 11 is 0. The maximum absolute atomic E-state index is 7.00. The fourth-order valence-electron chi connectivity index (χ4n) is 3.01. The van der Waals surface area contributed by atoms with Gasteiger partial charge in [0.15, 0.2) is 0 Å². The Labute approximate surface area is 146 Å². The van der Waals surface area contributed by atoms with Crippen LogP contribution < -0.4 is 0 Å². The van der Waals surface area contributed by atoms with E-state index in [4.69, 9.17) is 15.3 Å². The molecule has 0 radical (unpaired) electrons. The molecular weight excluding hydrogens is 288 g/mol. The summed E-state index contributed by atoms with van der Waals surface area (Å²) in [7, 11) is 3.00. The van der Waals surface area contributed by atoms with Gasteiger partial charge in [0.25, 0.3) is 0 Å². The smallest absolute Gasteiger partial charge is 0.0319 e. The summed E-state index contributed by atoms with van der Waals surface area (Å²) in [5, 5.41) is 21.0. The van der Waals surface area contributed by atoms with Crippen LogP contribution in [0.25, 0.3) is 0 Å². The Balaban J connectivity index is -0.000000595. The SMILES string of the molecule is C1CCCCCCCCCCCCCCCC1.CO.CO.CO. The van der Waals surface area contributed by atoms with E-state index in [0.717, 1.165) is 21.3 Å². The van der Waals surface area contributed by atoms with Crippen LogP contribution in [0.2, 0.25) is 0 Å². The molecule has 3 N–H and O–H groups in total. The highest BCUT2D eigenvalue weighted by Crippen LogP contribution is 2.16. The summed E-state index contributed by atoms with van der Waals surface area (Å²) in [5.74, 6) is 0. The lowest BCUT2D eigenvalue weighted by atomic mass is 10.0. The van der Waals surface area contributed by atoms with Crippen LogP contribution in [0.15, 0.2) is 0 Å². The molecule has 3 heteroatoms. The van der Waals surface area contributed by atoms with Crippen LogP contribution >= 0.6 is 0 Å². The van der Waals surface area contributed by atoms with Gasteiger partial charge in [-0.15, -0.1) is 0 Å². The van der Waals surface area contributed by atoms with Gasteiger partial charge in [-0.25, -0.2) is 0 Å². The zero-order chi connectivity index (χ0) is 18.0. The van der Waals surface area contributed by atoms with Crippen molar-refractivity contribution in [3.8, 4) is 0 Å². The lowest BCUT2D eigenvalue weighted by molar-refractivity contribution is 0.399. The fourth-order valence-corrected chi connectivity index (χ4v) is 3.01. The summed E-state index contributed by atoms with van der Waals surface area (Å²) in [6.45, 7) is 0. The highest BCUT2D eigenvalue weighted by molar-refractivity contribution is 4.52. The molecule has 0 aromatic heterocycles. The number of hydrogen-bond donors (Lipinski definition) is 3. The summed E-state index contributed by atoms with van der Waals surface area (Å²) < 4.78 is 0. The average Bonchev–Trinajstić information content (AvgIpc) is 2.64. The van der Waals surface area contributed by atoms with Gasteiger partial charge in [0.2, 0.25) is 0 Å². The molecule has 0 aromatic rings. The molecule has 3 nitrogen and oxygen atoms in total. The topological polar surface area (TPSA) is 60.7 Å². The van der Waals surface area contributed by atoms with Crippen molar-refractivity contribution in [2.24, 2.45) is 0 Å². The Morgan fingerprint density at radius 1 is 0.217 bits per heavy atom. The minimum atomic E-state index is 1.00. The van der Waals surface area contributed by atoms with Gasteiger partial charge in [0, 0.05) is 21.3 Å². The Bertz CT molecular complexity index is 82.3. The van der Waals surface area contributed by atoms with Crippen molar-refractivity contribution >= 4 is 0 Å². The molecule has 0 saturated heterocycles. The number of rotatable bonds is 0. The van der Waals surface area contributed by atoms with Crippen LogP contribution in [0.4, 0.5) is 0 Å². The van der Waals surface area contributed by atoms with Gasteiger partial charge in [-0.2, -0.15) is 0 Å². The number of hydrogen-bond acceptors (Lipinski definition) is 3. The quantitative estimate of drug-likeness (QED) is 0.551. The molecule has 1 aliphatic rings. The second kappa shape index (κ2) is 33.5. The summed E-state index contributed by atoms with van der Waals surface area (Å²) in [5.41, 5.74) is 0. The van der Waals surface area contributed by atoms with Crippen LogP contribution in [0.1, 0.15) is 109 Å². The van der Waals surface area contributed by atoms with Crippen molar-refractivity contribution in [1.29, 1.82) is 0 Å². The highest BCUT2D eigenvalue weighted by Gasteiger charge is 1.96. The van der Waals surface area contributed by atoms with E-state index in [1.54, 1.807) is 0 Å². The van der Waals surface area contributed by atoms with E-state index in [2.05, 4.69) is 0 Å². The predicted octanol–water partition coefficient (Wildman–Crippen LogP) is 5.46. The average molecular weight is 335 g/mol. The largest absolute Gasteiger partial charge is 0.400 e. The second-order valence-electron chi connectivity index (χ2n) is 6.01. The van der Waals surface area contributed by atoms with Gasteiger partial charge in [0.05, 0.1) is 0 Å². The minimum Gasteiger partial charge on any atom is -0.400 e. The van der Waals surface area contributed by atoms with E-state index in [1.165, 1.54) is 109 Å². The molecular formula is C20H46O3. The lowest BCUT2D eigenvalue weighted by Gasteiger charge is -2.02. The third kappa shape index (κ3) is 30.3. The van der Waals surface area contributed by atoms with Crippen LogP contribution in [0, 0.1) is 0 Å². The normalized spacial score (nSPS) is 18.5. The maximum Gasteiger partial charge on any atom is 0.0319 e. The lowest BCUT2D eigenvalue weighted by Crippen LogP contribution is -1.82.